The van der Waals surface area contributed by atoms with E-state index in [-0.39, 0.29) is 47.6 Å². The van der Waals surface area contributed by atoms with Gasteiger partial charge in [-0.3, -0.25) is 0 Å². The molecule has 1 aliphatic heterocycles. The molecule has 0 spiro atoms. The highest BCUT2D eigenvalue weighted by molar-refractivity contribution is 5.52. The van der Waals surface area contributed by atoms with E-state index >= 15 is 0 Å². The van der Waals surface area contributed by atoms with E-state index in [1.165, 1.54) is 30.3 Å². The molecule has 2 aromatic carbocycles. The summed E-state index contributed by atoms with van der Waals surface area (Å²) in [6.45, 7) is 0. The Labute approximate surface area is 132 Å². The minimum absolute atomic E-state index is 0. The number of phenols is 4. The Kier molecular flexibility index (Phi) is 4.25. The van der Waals surface area contributed by atoms with E-state index in [4.69, 9.17) is 4.74 Å². The quantitative estimate of drug-likeness (QED) is 0.410. The SMILES string of the molecule is Oc1cc(O)c2c(c1)O[C@H](c1ccc(O)c(O)c1)[C@@H](O)C2.[Cl-]. The molecule has 6 nitrogen and oxygen atoms in total. The maximum atomic E-state index is 10.2. The summed E-state index contributed by atoms with van der Waals surface area (Å²) in [6, 6.07) is 6.67. The molecular formula is C15H14ClO6-. The normalized spacial score (nSPS) is 19.7. The number of hydrogen-bond acceptors (Lipinski definition) is 6. The molecule has 0 bridgehead atoms. The molecular weight excluding hydrogens is 312 g/mol. The number of halogens is 1. The maximum Gasteiger partial charge on any atom is 0.157 e. The van der Waals surface area contributed by atoms with Gasteiger partial charge in [-0.25, -0.2) is 0 Å². The first kappa shape index (κ1) is 16.1. The standard InChI is InChI=1S/C15H14O6.ClH/c16-8-4-11(18)9-6-13(20)15(21-14(9)5-8)7-1-2-10(17)12(19)3-7;/h1-5,13,15-20H,6H2;1H/p-1/t13-,15+;/m0./s1. The van der Waals surface area contributed by atoms with Gasteiger partial charge in [0.05, 0.1) is 6.10 Å². The van der Waals surface area contributed by atoms with Crippen molar-refractivity contribution in [1.82, 2.24) is 0 Å². The minimum Gasteiger partial charge on any atom is -1.00 e. The monoisotopic (exact) mass is 325 g/mol. The first-order valence-electron chi connectivity index (χ1n) is 6.37. The Bertz CT molecular complexity index is 703. The zero-order valence-corrected chi connectivity index (χ0v) is 12.0. The van der Waals surface area contributed by atoms with Gasteiger partial charge in [0.2, 0.25) is 0 Å². The van der Waals surface area contributed by atoms with Crippen LogP contribution in [0.2, 0.25) is 0 Å². The van der Waals surface area contributed by atoms with Gasteiger partial charge >= 0.3 is 0 Å². The molecule has 0 radical (unpaired) electrons. The van der Waals surface area contributed by atoms with Crippen LogP contribution in [0.5, 0.6) is 28.7 Å². The van der Waals surface area contributed by atoms with Crippen molar-refractivity contribution in [1.29, 1.82) is 0 Å². The highest BCUT2D eigenvalue weighted by Crippen LogP contribution is 2.42. The van der Waals surface area contributed by atoms with Crippen molar-refractivity contribution in [3.8, 4) is 28.7 Å². The molecule has 0 aromatic heterocycles. The molecule has 2 atom stereocenters. The molecule has 0 aliphatic carbocycles. The zero-order chi connectivity index (χ0) is 15.1. The average molecular weight is 326 g/mol. The smallest absolute Gasteiger partial charge is 0.157 e. The number of aliphatic hydroxyl groups is 1. The first-order valence-corrected chi connectivity index (χ1v) is 6.37. The van der Waals surface area contributed by atoms with Crippen LogP contribution < -0.4 is 17.1 Å². The average Bonchev–Trinajstić information content (AvgIpc) is 2.42. The first-order chi connectivity index (χ1) is 9.95. The van der Waals surface area contributed by atoms with Crippen molar-refractivity contribution in [3.63, 3.8) is 0 Å². The molecule has 118 valence electrons. The van der Waals surface area contributed by atoms with Crippen molar-refractivity contribution < 1.29 is 42.7 Å². The van der Waals surface area contributed by atoms with Crippen molar-refractivity contribution in [2.45, 2.75) is 18.6 Å². The molecule has 0 fully saturated rings. The van der Waals surface area contributed by atoms with Crippen molar-refractivity contribution in [3.05, 3.63) is 41.5 Å². The predicted molar refractivity (Wildman–Crippen MR) is 72.6 cm³/mol. The Hall–Kier alpha value is -2.31. The Morgan fingerprint density at radius 2 is 1.64 bits per heavy atom. The summed E-state index contributed by atoms with van der Waals surface area (Å²) >= 11 is 0. The van der Waals surface area contributed by atoms with Crippen LogP contribution in [0.3, 0.4) is 0 Å². The fourth-order valence-electron chi connectivity index (χ4n) is 2.47. The molecule has 1 aliphatic rings. The summed E-state index contributed by atoms with van der Waals surface area (Å²) in [7, 11) is 0. The van der Waals surface area contributed by atoms with E-state index in [0.717, 1.165) is 0 Å². The number of aliphatic hydroxyl groups excluding tert-OH is 1. The third-order valence-electron chi connectivity index (χ3n) is 3.51. The van der Waals surface area contributed by atoms with Gasteiger partial charge in [0.15, 0.2) is 11.5 Å². The number of rotatable bonds is 1. The van der Waals surface area contributed by atoms with E-state index in [1.54, 1.807) is 0 Å². The van der Waals surface area contributed by atoms with Gasteiger partial charge < -0.3 is 42.7 Å². The molecule has 5 N–H and O–H groups in total. The van der Waals surface area contributed by atoms with Gasteiger partial charge in [-0.15, -0.1) is 0 Å². The predicted octanol–water partition coefficient (Wildman–Crippen LogP) is -1.45. The van der Waals surface area contributed by atoms with Crippen LogP contribution in [0.25, 0.3) is 0 Å². The van der Waals surface area contributed by atoms with Crippen LogP contribution in [0.4, 0.5) is 0 Å². The molecule has 0 saturated heterocycles. The molecule has 1 heterocycles. The lowest BCUT2D eigenvalue weighted by atomic mass is 9.94. The molecule has 0 unspecified atom stereocenters. The van der Waals surface area contributed by atoms with Crippen LogP contribution in [-0.4, -0.2) is 31.6 Å². The van der Waals surface area contributed by atoms with Crippen LogP contribution in [-0.2, 0) is 6.42 Å². The molecule has 22 heavy (non-hydrogen) atoms. The second kappa shape index (κ2) is 5.82. The van der Waals surface area contributed by atoms with E-state index < -0.39 is 12.2 Å². The minimum atomic E-state index is -0.933. The van der Waals surface area contributed by atoms with Crippen LogP contribution in [0.1, 0.15) is 17.2 Å². The highest BCUT2D eigenvalue weighted by Gasteiger charge is 2.32. The number of benzene rings is 2. The number of hydrogen-bond donors (Lipinski definition) is 5. The fourth-order valence-corrected chi connectivity index (χ4v) is 2.47. The third-order valence-corrected chi connectivity index (χ3v) is 3.51. The molecule has 3 rings (SSSR count). The van der Waals surface area contributed by atoms with Gasteiger partial charge in [-0.05, 0) is 17.7 Å². The van der Waals surface area contributed by atoms with E-state index in [2.05, 4.69) is 0 Å². The Balaban J connectivity index is 0.00000176. The zero-order valence-electron chi connectivity index (χ0n) is 11.3. The van der Waals surface area contributed by atoms with E-state index in [1.807, 2.05) is 0 Å². The van der Waals surface area contributed by atoms with E-state index in [9.17, 15) is 25.5 Å². The van der Waals surface area contributed by atoms with Crippen molar-refractivity contribution in [2.75, 3.05) is 0 Å². The fraction of sp³-hybridized carbons (Fsp3) is 0.200. The number of fused-ring (bicyclic) bond motifs is 1. The van der Waals surface area contributed by atoms with Crippen LogP contribution in [0.15, 0.2) is 30.3 Å². The topological polar surface area (TPSA) is 110 Å². The largest absolute Gasteiger partial charge is 1.00 e. The lowest BCUT2D eigenvalue weighted by Crippen LogP contribution is -3.00. The second-order valence-electron chi connectivity index (χ2n) is 5.00. The van der Waals surface area contributed by atoms with Gasteiger partial charge in [-0.2, -0.15) is 0 Å². The molecule has 0 saturated carbocycles. The summed E-state index contributed by atoms with van der Waals surface area (Å²) in [4.78, 5) is 0. The summed E-state index contributed by atoms with van der Waals surface area (Å²) in [5.74, 6) is -0.589. The van der Waals surface area contributed by atoms with E-state index in [0.29, 0.717) is 11.1 Å². The van der Waals surface area contributed by atoms with Gasteiger partial charge in [0, 0.05) is 24.1 Å². The summed E-state index contributed by atoms with van der Waals surface area (Å²) < 4.78 is 5.62. The summed E-state index contributed by atoms with van der Waals surface area (Å²) in [5, 5.41) is 48.3. The van der Waals surface area contributed by atoms with Crippen LogP contribution in [0, 0.1) is 0 Å². The second-order valence-corrected chi connectivity index (χ2v) is 5.00. The lowest BCUT2D eigenvalue weighted by molar-refractivity contribution is -0.0000106. The van der Waals surface area contributed by atoms with Crippen LogP contribution >= 0.6 is 0 Å². The van der Waals surface area contributed by atoms with Gasteiger partial charge in [-0.1, -0.05) is 6.07 Å². The number of ether oxygens (including phenoxy) is 1. The Morgan fingerprint density at radius 3 is 2.32 bits per heavy atom. The summed E-state index contributed by atoms with van der Waals surface area (Å²) in [5.41, 5.74) is 0.894. The molecule has 0 amide bonds. The maximum absolute atomic E-state index is 10.2. The number of phenolic OH excluding ortho intramolecular Hbond substituents is 4. The Morgan fingerprint density at radius 1 is 0.909 bits per heavy atom. The van der Waals surface area contributed by atoms with Crippen molar-refractivity contribution in [2.24, 2.45) is 0 Å². The highest BCUT2D eigenvalue weighted by atomic mass is 35.5. The lowest BCUT2D eigenvalue weighted by Gasteiger charge is -2.31. The van der Waals surface area contributed by atoms with Gasteiger partial charge in [0.1, 0.15) is 23.4 Å². The molecule has 7 heteroatoms. The van der Waals surface area contributed by atoms with Crippen molar-refractivity contribution >= 4 is 0 Å². The van der Waals surface area contributed by atoms with Gasteiger partial charge in [0.25, 0.3) is 0 Å². The summed E-state index contributed by atoms with van der Waals surface area (Å²) in [6.07, 6.45) is -1.56. The third kappa shape index (κ3) is 2.70. The number of aromatic hydroxyl groups is 4. The molecule has 2 aromatic rings.